The fourth-order valence-electron chi connectivity index (χ4n) is 2.42. The summed E-state index contributed by atoms with van der Waals surface area (Å²) in [5, 5.41) is 3.93. The van der Waals surface area contributed by atoms with E-state index in [4.69, 9.17) is 0 Å². The number of hydrogen-bond donors (Lipinski definition) is 0. The Balaban J connectivity index is 1.76. The third-order valence-corrected chi connectivity index (χ3v) is 4.81. The Morgan fingerprint density at radius 3 is 2.87 bits per heavy atom. The second-order valence-electron chi connectivity index (χ2n) is 5.92. The summed E-state index contributed by atoms with van der Waals surface area (Å²) < 4.78 is 0. The summed E-state index contributed by atoms with van der Waals surface area (Å²) in [7, 11) is 1.81. The highest BCUT2D eigenvalue weighted by atomic mass is 32.1. The minimum absolute atomic E-state index is 0.0422. The van der Waals surface area contributed by atoms with Crippen molar-refractivity contribution in [2.75, 3.05) is 7.05 Å². The number of benzene rings is 1. The van der Waals surface area contributed by atoms with Crippen LogP contribution in [0.4, 0.5) is 0 Å². The van der Waals surface area contributed by atoms with Crippen LogP contribution in [-0.2, 0) is 6.54 Å². The molecule has 0 radical (unpaired) electrons. The number of rotatable bonds is 4. The number of amides is 1. The number of fused-ring (bicyclic) bond motifs is 1. The number of aromatic nitrogens is 2. The van der Waals surface area contributed by atoms with E-state index in [0.29, 0.717) is 18.2 Å². The van der Waals surface area contributed by atoms with Gasteiger partial charge in [0.15, 0.2) is 0 Å². The van der Waals surface area contributed by atoms with Crippen molar-refractivity contribution in [3.05, 3.63) is 58.2 Å². The Hall–Kier alpha value is -2.27. The molecule has 0 spiro atoms. The molecule has 0 bridgehead atoms. The van der Waals surface area contributed by atoms with E-state index in [0.717, 1.165) is 21.5 Å². The first-order valence-corrected chi connectivity index (χ1v) is 8.47. The molecule has 0 saturated heterocycles. The number of carbonyl (C=O) groups is 1. The van der Waals surface area contributed by atoms with Gasteiger partial charge in [0.05, 0.1) is 10.5 Å². The molecule has 0 aliphatic heterocycles. The van der Waals surface area contributed by atoms with Gasteiger partial charge < -0.3 is 4.90 Å². The largest absolute Gasteiger partial charge is 0.336 e. The molecular weight excluding hydrogens is 306 g/mol. The van der Waals surface area contributed by atoms with Crippen LogP contribution in [-0.4, -0.2) is 27.8 Å². The van der Waals surface area contributed by atoms with Gasteiger partial charge >= 0.3 is 0 Å². The molecule has 0 N–H and O–H groups in total. The van der Waals surface area contributed by atoms with Crippen LogP contribution in [0.2, 0.25) is 0 Å². The lowest BCUT2D eigenvalue weighted by Gasteiger charge is -2.16. The lowest BCUT2D eigenvalue weighted by Crippen LogP contribution is -2.26. The monoisotopic (exact) mass is 325 g/mol. The van der Waals surface area contributed by atoms with Gasteiger partial charge in [0.2, 0.25) is 0 Å². The van der Waals surface area contributed by atoms with Crippen molar-refractivity contribution in [1.82, 2.24) is 14.9 Å². The van der Waals surface area contributed by atoms with Crippen LogP contribution in [0.1, 0.15) is 40.8 Å². The van der Waals surface area contributed by atoms with Gasteiger partial charge in [0, 0.05) is 36.5 Å². The zero-order valence-electron chi connectivity index (χ0n) is 13.5. The Morgan fingerprint density at radius 1 is 1.30 bits per heavy atom. The van der Waals surface area contributed by atoms with E-state index >= 15 is 0 Å². The van der Waals surface area contributed by atoms with Gasteiger partial charge in [-0.05, 0) is 23.8 Å². The minimum atomic E-state index is -0.0422. The molecule has 5 heteroatoms. The predicted octanol–water partition coefficient (Wildman–Crippen LogP) is 4.09. The smallest absolute Gasteiger partial charge is 0.273 e. The van der Waals surface area contributed by atoms with E-state index in [9.17, 15) is 4.79 Å². The fourth-order valence-corrected chi connectivity index (χ4v) is 3.22. The van der Waals surface area contributed by atoms with Crippen LogP contribution >= 0.6 is 11.3 Å². The zero-order valence-corrected chi connectivity index (χ0v) is 14.3. The number of thiazole rings is 1. The molecule has 2 heterocycles. The van der Waals surface area contributed by atoms with Crippen molar-refractivity contribution in [3.8, 4) is 0 Å². The Morgan fingerprint density at radius 2 is 2.13 bits per heavy atom. The highest BCUT2D eigenvalue weighted by Gasteiger charge is 2.16. The molecule has 118 valence electrons. The molecule has 0 aliphatic rings. The SMILES string of the molecule is CC(C)c1nc(C(=O)N(C)Cc2ccc3ncccc3c2)cs1. The van der Waals surface area contributed by atoms with Gasteiger partial charge in [0.1, 0.15) is 5.69 Å². The summed E-state index contributed by atoms with van der Waals surface area (Å²) in [5.74, 6) is 0.305. The standard InChI is InChI=1S/C18H19N3OS/c1-12(2)17-20-16(11-23-17)18(22)21(3)10-13-6-7-15-14(9-13)5-4-8-19-15/h4-9,11-12H,10H2,1-3H3. The minimum Gasteiger partial charge on any atom is -0.336 e. The van der Waals surface area contributed by atoms with Gasteiger partial charge in [-0.25, -0.2) is 4.98 Å². The van der Waals surface area contributed by atoms with Crippen LogP contribution < -0.4 is 0 Å². The predicted molar refractivity (Wildman–Crippen MR) is 93.7 cm³/mol. The Labute approximate surface area is 139 Å². The van der Waals surface area contributed by atoms with Gasteiger partial charge in [-0.1, -0.05) is 26.0 Å². The van der Waals surface area contributed by atoms with Crippen molar-refractivity contribution in [2.45, 2.75) is 26.3 Å². The average Bonchev–Trinajstić information content (AvgIpc) is 3.04. The van der Waals surface area contributed by atoms with E-state index in [1.807, 2.05) is 36.7 Å². The van der Waals surface area contributed by atoms with Crippen LogP contribution in [0.15, 0.2) is 41.9 Å². The van der Waals surface area contributed by atoms with Crippen molar-refractivity contribution in [3.63, 3.8) is 0 Å². The molecule has 1 aromatic carbocycles. The third kappa shape index (κ3) is 3.40. The fraction of sp³-hybridized carbons (Fsp3) is 0.278. The van der Waals surface area contributed by atoms with E-state index in [-0.39, 0.29) is 5.91 Å². The second-order valence-corrected chi connectivity index (χ2v) is 6.81. The highest BCUT2D eigenvalue weighted by molar-refractivity contribution is 7.09. The lowest BCUT2D eigenvalue weighted by molar-refractivity contribution is 0.0780. The van der Waals surface area contributed by atoms with E-state index < -0.39 is 0 Å². The van der Waals surface area contributed by atoms with Gasteiger partial charge in [-0.15, -0.1) is 11.3 Å². The first-order valence-electron chi connectivity index (χ1n) is 7.59. The van der Waals surface area contributed by atoms with E-state index in [1.165, 1.54) is 0 Å². The number of carbonyl (C=O) groups excluding carboxylic acids is 1. The van der Waals surface area contributed by atoms with Crippen LogP contribution in [0.25, 0.3) is 10.9 Å². The first-order chi connectivity index (χ1) is 11.0. The lowest BCUT2D eigenvalue weighted by atomic mass is 10.1. The quantitative estimate of drug-likeness (QED) is 0.726. The normalized spacial score (nSPS) is 11.1. The third-order valence-electron chi connectivity index (χ3n) is 3.67. The van der Waals surface area contributed by atoms with E-state index in [2.05, 4.69) is 29.9 Å². The van der Waals surface area contributed by atoms with E-state index in [1.54, 1.807) is 22.4 Å². The summed E-state index contributed by atoms with van der Waals surface area (Å²) in [6.45, 7) is 4.72. The Bertz CT molecular complexity index is 841. The van der Waals surface area contributed by atoms with Crippen molar-refractivity contribution in [2.24, 2.45) is 0 Å². The highest BCUT2D eigenvalue weighted by Crippen LogP contribution is 2.20. The molecule has 0 fully saturated rings. The molecule has 0 atom stereocenters. The summed E-state index contributed by atoms with van der Waals surface area (Å²) in [5.41, 5.74) is 2.58. The molecular formula is C18H19N3OS. The molecule has 0 saturated carbocycles. The molecule has 3 aromatic rings. The summed E-state index contributed by atoms with van der Waals surface area (Å²) in [6, 6.07) is 10.0. The van der Waals surface area contributed by atoms with Crippen LogP contribution in [0.3, 0.4) is 0 Å². The summed E-state index contributed by atoms with van der Waals surface area (Å²) in [6.07, 6.45) is 1.78. The van der Waals surface area contributed by atoms with Crippen molar-refractivity contribution in [1.29, 1.82) is 0 Å². The molecule has 0 aliphatic carbocycles. The van der Waals surface area contributed by atoms with Crippen LogP contribution in [0.5, 0.6) is 0 Å². The molecule has 3 rings (SSSR count). The van der Waals surface area contributed by atoms with Crippen molar-refractivity contribution < 1.29 is 4.79 Å². The van der Waals surface area contributed by atoms with Gasteiger partial charge in [-0.3, -0.25) is 9.78 Å². The molecule has 23 heavy (non-hydrogen) atoms. The van der Waals surface area contributed by atoms with Gasteiger partial charge in [-0.2, -0.15) is 0 Å². The first kappa shape index (κ1) is 15.6. The molecule has 1 amide bonds. The maximum absolute atomic E-state index is 12.5. The zero-order chi connectivity index (χ0) is 16.4. The number of hydrogen-bond acceptors (Lipinski definition) is 4. The molecule has 4 nitrogen and oxygen atoms in total. The maximum atomic E-state index is 12.5. The molecule has 0 unspecified atom stereocenters. The summed E-state index contributed by atoms with van der Waals surface area (Å²) in [4.78, 5) is 23.0. The summed E-state index contributed by atoms with van der Waals surface area (Å²) >= 11 is 1.54. The number of nitrogens with zero attached hydrogens (tertiary/aromatic N) is 3. The maximum Gasteiger partial charge on any atom is 0.273 e. The van der Waals surface area contributed by atoms with Crippen LogP contribution in [0, 0.1) is 0 Å². The van der Waals surface area contributed by atoms with Crippen molar-refractivity contribution >= 4 is 28.1 Å². The average molecular weight is 325 g/mol. The van der Waals surface area contributed by atoms with Gasteiger partial charge in [0.25, 0.3) is 5.91 Å². The second kappa shape index (κ2) is 6.46. The number of pyridine rings is 1. The topological polar surface area (TPSA) is 46.1 Å². The molecule has 2 aromatic heterocycles. The Kier molecular flexibility index (Phi) is 4.39.